The highest BCUT2D eigenvalue weighted by atomic mass is 32.2. The predicted octanol–water partition coefficient (Wildman–Crippen LogP) is 2.80. The summed E-state index contributed by atoms with van der Waals surface area (Å²) in [5.74, 6) is 0. The first-order chi connectivity index (χ1) is 9.47. The smallest absolute Gasteiger partial charge is 0.294 e. The molecule has 0 saturated carbocycles. The molecule has 0 saturated heterocycles. The Hall–Kier alpha value is -2.18. The van der Waals surface area contributed by atoms with Crippen LogP contribution in [0, 0.1) is 6.92 Å². The van der Waals surface area contributed by atoms with E-state index in [1.54, 1.807) is 18.3 Å². The topological polar surface area (TPSA) is 83.1 Å². The van der Waals surface area contributed by atoms with Crippen molar-refractivity contribution < 1.29 is 13.0 Å². The van der Waals surface area contributed by atoms with Gasteiger partial charge in [-0.1, -0.05) is 17.7 Å². The van der Waals surface area contributed by atoms with Gasteiger partial charge in [0.1, 0.15) is 5.65 Å². The highest BCUT2D eigenvalue weighted by Crippen LogP contribution is 2.08. The Morgan fingerprint density at radius 2 is 1.80 bits per heavy atom. The normalized spacial score (nSPS) is 10.9. The Labute approximate surface area is 117 Å². The number of aromatic nitrogens is 2. The maximum Gasteiger partial charge on any atom is 0.294 e. The molecule has 0 aliphatic rings. The Morgan fingerprint density at radius 3 is 2.40 bits per heavy atom. The van der Waals surface area contributed by atoms with Crippen molar-refractivity contribution in [2.45, 2.75) is 11.8 Å². The van der Waals surface area contributed by atoms with E-state index >= 15 is 0 Å². The Balaban J connectivity index is 0.000000149. The van der Waals surface area contributed by atoms with Crippen molar-refractivity contribution in [3.63, 3.8) is 0 Å². The summed E-state index contributed by atoms with van der Waals surface area (Å²) in [6.07, 6.45) is 3.66. The Morgan fingerprint density at radius 1 is 1.10 bits per heavy atom. The number of aromatic amines is 1. The zero-order valence-corrected chi connectivity index (χ0v) is 11.6. The van der Waals surface area contributed by atoms with Crippen LogP contribution >= 0.6 is 0 Å². The highest BCUT2D eigenvalue weighted by Gasteiger charge is 2.06. The molecule has 1 aromatic carbocycles. The lowest BCUT2D eigenvalue weighted by Gasteiger charge is -1.95. The summed E-state index contributed by atoms with van der Waals surface area (Å²) in [7, 11) is -4.02. The Kier molecular flexibility index (Phi) is 4.16. The highest BCUT2D eigenvalue weighted by molar-refractivity contribution is 7.85. The van der Waals surface area contributed by atoms with Crippen LogP contribution in [0.2, 0.25) is 0 Å². The van der Waals surface area contributed by atoms with Gasteiger partial charge in [-0.05, 0) is 37.3 Å². The van der Waals surface area contributed by atoms with Gasteiger partial charge in [0.15, 0.2) is 0 Å². The second kappa shape index (κ2) is 5.85. The number of nitrogens with zero attached hydrogens (tertiary/aromatic N) is 1. The van der Waals surface area contributed by atoms with E-state index in [1.165, 1.54) is 12.1 Å². The van der Waals surface area contributed by atoms with Crippen LogP contribution in [0.1, 0.15) is 5.56 Å². The lowest BCUT2D eigenvalue weighted by atomic mass is 10.2. The van der Waals surface area contributed by atoms with Crippen LogP contribution in [0.5, 0.6) is 0 Å². The molecule has 104 valence electrons. The summed E-state index contributed by atoms with van der Waals surface area (Å²) in [4.78, 5) is 7.03. The van der Waals surface area contributed by atoms with Gasteiger partial charge in [-0.2, -0.15) is 8.42 Å². The number of hydrogen-bond donors (Lipinski definition) is 2. The second-order valence-corrected chi connectivity index (χ2v) is 5.63. The Bertz CT molecular complexity index is 762. The van der Waals surface area contributed by atoms with Gasteiger partial charge in [-0.25, -0.2) is 4.98 Å². The molecule has 0 spiro atoms. The average Bonchev–Trinajstić information content (AvgIpc) is 2.87. The van der Waals surface area contributed by atoms with Crippen LogP contribution < -0.4 is 0 Å². The summed E-state index contributed by atoms with van der Waals surface area (Å²) < 4.78 is 29.6. The number of pyridine rings is 1. The summed E-state index contributed by atoms with van der Waals surface area (Å²) in [6, 6.07) is 11.9. The summed E-state index contributed by atoms with van der Waals surface area (Å²) in [5, 5.41) is 1.16. The third-order valence-electron chi connectivity index (χ3n) is 2.64. The van der Waals surface area contributed by atoms with Gasteiger partial charge in [-0.3, -0.25) is 4.55 Å². The molecule has 0 radical (unpaired) electrons. The molecule has 0 unspecified atom stereocenters. The molecule has 2 N–H and O–H groups in total. The molecule has 2 aromatic heterocycles. The second-order valence-electron chi connectivity index (χ2n) is 4.21. The van der Waals surface area contributed by atoms with Gasteiger partial charge in [-0.15, -0.1) is 0 Å². The van der Waals surface area contributed by atoms with E-state index in [-0.39, 0.29) is 4.90 Å². The molecule has 0 atom stereocenters. The molecule has 3 aromatic rings. The lowest BCUT2D eigenvalue weighted by Crippen LogP contribution is -1.96. The lowest BCUT2D eigenvalue weighted by molar-refractivity contribution is 0.483. The standard InChI is InChI=1S/C7H6N2.C7H8O3S/c1-2-6-3-5-9-7(6)8-4-1;1-6-2-4-7(5-3-6)11(8,9)10/h1-5H,(H,8,9);2-5H,1H3,(H,8,9,10). The maximum absolute atomic E-state index is 10.5. The minimum Gasteiger partial charge on any atom is -0.346 e. The van der Waals surface area contributed by atoms with Crippen molar-refractivity contribution in [3.8, 4) is 0 Å². The van der Waals surface area contributed by atoms with E-state index in [2.05, 4.69) is 9.97 Å². The van der Waals surface area contributed by atoms with Crippen molar-refractivity contribution in [3.05, 3.63) is 60.4 Å². The minimum atomic E-state index is -4.02. The number of nitrogens with one attached hydrogen (secondary N) is 1. The van der Waals surface area contributed by atoms with Crippen molar-refractivity contribution in [1.82, 2.24) is 9.97 Å². The van der Waals surface area contributed by atoms with E-state index in [9.17, 15) is 8.42 Å². The fourth-order valence-corrected chi connectivity index (χ4v) is 2.07. The molecular formula is C14H14N2O3S. The van der Waals surface area contributed by atoms with Gasteiger partial charge < -0.3 is 4.98 Å². The van der Waals surface area contributed by atoms with Crippen molar-refractivity contribution in [2.75, 3.05) is 0 Å². The van der Waals surface area contributed by atoms with E-state index in [1.807, 2.05) is 31.3 Å². The summed E-state index contributed by atoms with van der Waals surface area (Å²) >= 11 is 0. The average molecular weight is 290 g/mol. The fraction of sp³-hybridized carbons (Fsp3) is 0.0714. The number of benzene rings is 1. The minimum absolute atomic E-state index is 0.0666. The molecule has 0 fully saturated rings. The quantitative estimate of drug-likeness (QED) is 0.675. The monoisotopic (exact) mass is 290 g/mol. The molecule has 0 amide bonds. The number of fused-ring (bicyclic) bond motifs is 1. The van der Waals surface area contributed by atoms with Gasteiger partial charge in [0.25, 0.3) is 10.1 Å². The first-order valence-corrected chi connectivity index (χ1v) is 7.33. The van der Waals surface area contributed by atoms with Crippen LogP contribution in [-0.2, 0) is 10.1 Å². The predicted molar refractivity (Wildman–Crippen MR) is 77.1 cm³/mol. The van der Waals surface area contributed by atoms with Crippen molar-refractivity contribution >= 4 is 21.2 Å². The van der Waals surface area contributed by atoms with Crippen molar-refractivity contribution in [1.29, 1.82) is 0 Å². The molecule has 5 nitrogen and oxygen atoms in total. The molecule has 0 aliphatic carbocycles. The largest absolute Gasteiger partial charge is 0.346 e. The number of H-pyrrole nitrogens is 1. The number of hydrogen-bond acceptors (Lipinski definition) is 3. The van der Waals surface area contributed by atoms with Gasteiger partial charge >= 0.3 is 0 Å². The molecular weight excluding hydrogens is 276 g/mol. The van der Waals surface area contributed by atoms with Crippen LogP contribution in [0.15, 0.2) is 59.8 Å². The van der Waals surface area contributed by atoms with E-state index < -0.39 is 10.1 Å². The van der Waals surface area contributed by atoms with Crippen LogP contribution in [-0.4, -0.2) is 22.9 Å². The molecule has 20 heavy (non-hydrogen) atoms. The van der Waals surface area contributed by atoms with E-state index in [0.29, 0.717) is 0 Å². The zero-order valence-electron chi connectivity index (χ0n) is 10.8. The first-order valence-electron chi connectivity index (χ1n) is 5.89. The van der Waals surface area contributed by atoms with Gasteiger partial charge in [0.05, 0.1) is 4.90 Å². The molecule has 6 heteroatoms. The number of aryl methyl sites for hydroxylation is 1. The van der Waals surface area contributed by atoms with Crippen LogP contribution in [0.3, 0.4) is 0 Å². The van der Waals surface area contributed by atoms with Crippen LogP contribution in [0.25, 0.3) is 11.0 Å². The van der Waals surface area contributed by atoms with Crippen molar-refractivity contribution in [2.24, 2.45) is 0 Å². The molecule has 2 heterocycles. The molecule has 0 bridgehead atoms. The van der Waals surface area contributed by atoms with Crippen LogP contribution in [0.4, 0.5) is 0 Å². The van der Waals surface area contributed by atoms with Gasteiger partial charge in [0.2, 0.25) is 0 Å². The van der Waals surface area contributed by atoms with E-state index in [4.69, 9.17) is 4.55 Å². The van der Waals surface area contributed by atoms with Gasteiger partial charge in [0, 0.05) is 17.8 Å². The summed E-state index contributed by atoms with van der Waals surface area (Å²) in [6.45, 7) is 1.84. The summed E-state index contributed by atoms with van der Waals surface area (Å²) in [5.41, 5.74) is 1.91. The third kappa shape index (κ3) is 3.66. The molecule has 0 aliphatic heterocycles. The maximum atomic E-state index is 10.5. The van der Waals surface area contributed by atoms with E-state index in [0.717, 1.165) is 16.6 Å². The zero-order chi connectivity index (χ0) is 14.6. The first kappa shape index (κ1) is 14.2. The third-order valence-corrected chi connectivity index (χ3v) is 3.51. The fourth-order valence-electron chi connectivity index (χ4n) is 1.59. The molecule has 3 rings (SSSR count). The number of rotatable bonds is 1. The SMILES string of the molecule is Cc1ccc(S(=O)(=O)O)cc1.c1cnc2[nH]ccc2c1.